The molecule has 0 radical (unpaired) electrons. The van der Waals surface area contributed by atoms with Gasteiger partial charge in [0.25, 0.3) is 0 Å². The molecule has 116 valence electrons. The number of hydrogen-bond donors (Lipinski definition) is 1. The Morgan fingerprint density at radius 1 is 1.00 bits per heavy atom. The van der Waals surface area contributed by atoms with E-state index in [4.69, 9.17) is 5.73 Å². The first-order valence-electron chi connectivity index (χ1n) is 8.14. The molecule has 0 saturated heterocycles. The maximum atomic E-state index is 5.92. The summed E-state index contributed by atoms with van der Waals surface area (Å²) in [7, 11) is 0. The van der Waals surface area contributed by atoms with Gasteiger partial charge in [0.05, 0.1) is 0 Å². The van der Waals surface area contributed by atoms with E-state index < -0.39 is 0 Å². The fraction of sp³-hybridized carbons (Fsp3) is 0.400. The summed E-state index contributed by atoms with van der Waals surface area (Å²) in [5, 5.41) is 0. The Balaban J connectivity index is 1.74. The van der Waals surface area contributed by atoms with Crippen molar-refractivity contribution in [2.75, 3.05) is 12.8 Å². The van der Waals surface area contributed by atoms with Gasteiger partial charge in [-0.2, -0.15) is 0 Å². The van der Waals surface area contributed by atoms with Gasteiger partial charge in [0, 0.05) is 4.90 Å². The van der Waals surface area contributed by atoms with Gasteiger partial charge < -0.3 is 5.73 Å². The third kappa shape index (κ3) is 3.93. The van der Waals surface area contributed by atoms with Crippen LogP contribution in [0.15, 0.2) is 53.4 Å². The number of nitrogens with two attached hydrogens (primary N) is 1. The highest BCUT2D eigenvalue weighted by atomic mass is 32.2. The number of aryl methyl sites for hydroxylation is 1. The standard InChI is InChI=1S/C20H25NS/c1-22-19-13-17(7-8-20(15-21)9-10-20)12-18(14-19)11-16-5-3-2-4-6-16/h2-6,12-14H,7-11,15,21H2,1H3. The highest BCUT2D eigenvalue weighted by Gasteiger charge is 2.40. The van der Waals surface area contributed by atoms with Crippen molar-refractivity contribution < 1.29 is 0 Å². The quantitative estimate of drug-likeness (QED) is 0.752. The van der Waals surface area contributed by atoms with E-state index in [1.54, 1.807) is 0 Å². The predicted octanol–water partition coefficient (Wildman–Crippen LogP) is 4.67. The number of hydrogen-bond acceptors (Lipinski definition) is 2. The molecule has 0 amide bonds. The Morgan fingerprint density at radius 3 is 2.36 bits per heavy atom. The van der Waals surface area contributed by atoms with E-state index in [1.807, 2.05) is 11.8 Å². The Kier molecular flexibility index (Phi) is 4.90. The van der Waals surface area contributed by atoms with Crippen molar-refractivity contribution in [3.8, 4) is 0 Å². The second kappa shape index (κ2) is 6.89. The summed E-state index contributed by atoms with van der Waals surface area (Å²) in [6.07, 6.45) is 8.22. The second-order valence-corrected chi connectivity index (χ2v) is 7.44. The summed E-state index contributed by atoms with van der Waals surface area (Å²) in [6, 6.07) is 17.8. The Labute approximate surface area is 138 Å². The van der Waals surface area contributed by atoms with Crippen molar-refractivity contribution >= 4 is 11.8 Å². The minimum Gasteiger partial charge on any atom is -0.330 e. The van der Waals surface area contributed by atoms with Gasteiger partial charge in [-0.1, -0.05) is 36.4 Å². The number of benzene rings is 2. The third-order valence-electron chi connectivity index (χ3n) is 4.85. The van der Waals surface area contributed by atoms with E-state index >= 15 is 0 Å². The maximum Gasteiger partial charge on any atom is 0.00747 e. The zero-order chi connectivity index (χ0) is 15.4. The van der Waals surface area contributed by atoms with Crippen LogP contribution in [0.5, 0.6) is 0 Å². The van der Waals surface area contributed by atoms with E-state index in [2.05, 4.69) is 54.8 Å². The summed E-state index contributed by atoms with van der Waals surface area (Å²) < 4.78 is 0. The van der Waals surface area contributed by atoms with Crippen LogP contribution in [0.2, 0.25) is 0 Å². The lowest BCUT2D eigenvalue weighted by Crippen LogP contribution is -2.16. The second-order valence-electron chi connectivity index (χ2n) is 6.56. The first-order valence-corrected chi connectivity index (χ1v) is 9.36. The molecule has 1 aliphatic rings. The van der Waals surface area contributed by atoms with Crippen LogP contribution >= 0.6 is 11.8 Å². The van der Waals surface area contributed by atoms with Crippen molar-refractivity contribution in [2.24, 2.45) is 11.1 Å². The SMILES string of the molecule is CSc1cc(CCC2(CN)CC2)cc(Cc2ccccc2)c1. The lowest BCUT2D eigenvalue weighted by molar-refractivity contribution is 0.478. The van der Waals surface area contributed by atoms with Gasteiger partial charge in [0.2, 0.25) is 0 Å². The van der Waals surface area contributed by atoms with Crippen molar-refractivity contribution in [3.05, 3.63) is 65.2 Å². The highest BCUT2D eigenvalue weighted by Crippen LogP contribution is 2.48. The molecule has 0 aromatic heterocycles. The lowest BCUT2D eigenvalue weighted by Gasteiger charge is -2.13. The van der Waals surface area contributed by atoms with Crippen LogP contribution in [-0.4, -0.2) is 12.8 Å². The van der Waals surface area contributed by atoms with E-state index in [-0.39, 0.29) is 0 Å². The molecule has 1 aliphatic carbocycles. The van der Waals surface area contributed by atoms with E-state index in [0.29, 0.717) is 5.41 Å². The molecule has 2 heteroatoms. The Bertz CT molecular complexity index is 617. The first kappa shape index (κ1) is 15.6. The monoisotopic (exact) mass is 311 g/mol. The smallest absolute Gasteiger partial charge is 0.00747 e. The van der Waals surface area contributed by atoms with Crippen molar-refractivity contribution in [1.29, 1.82) is 0 Å². The minimum atomic E-state index is 0.467. The molecule has 22 heavy (non-hydrogen) atoms. The largest absolute Gasteiger partial charge is 0.330 e. The van der Waals surface area contributed by atoms with Gasteiger partial charge >= 0.3 is 0 Å². The van der Waals surface area contributed by atoms with Crippen molar-refractivity contribution in [3.63, 3.8) is 0 Å². The van der Waals surface area contributed by atoms with Gasteiger partial charge in [-0.25, -0.2) is 0 Å². The molecule has 2 aromatic rings. The van der Waals surface area contributed by atoms with Crippen molar-refractivity contribution in [1.82, 2.24) is 0 Å². The van der Waals surface area contributed by atoms with Crippen LogP contribution in [0.3, 0.4) is 0 Å². The summed E-state index contributed by atoms with van der Waals surface area (Å²) in [5.74, 6) is 0. The fourth-order valence-corrected chi connectivity index (χ4v) is 3.61. The zero-order valence-corrected chi connectivity index (χ0v) is 14.2. The number of rotatable bonds is 7. The fourth-order valence-electron chi connectivity index (χ4n) is 3.07. The predicted molar refractivity (Wildman–Crippen MR) is 96.5 cm³/mol. The van der Waals surface area contributed by atoms with Crippen LogP contribution in [0.4, 0.5) is 0 Å². The summed E-state index contributed by atoms with van der Waals surface area (Å²) in [4.78, 5) is 1.38. The molecule has 0 spiro atoms. The van der Waals surface area contributed by atoms with Gasteiger partial charge in [0.15, 0.2) is 0 Å². The third-order valence-corrected chi connectivity index (χ3v) is 5.55. The van der Waals surface area contributed by atoms with E-state index in [1.165, 1.54) is 40.8 Å². The molecule has 0 unspecified atom stereocenters. The van der Waals surface area contributed by atoms with Gasteiger partial charge in [0.1, 0.15) is 0 Å². The normalized spacial score (nSPS) is 15.7. The molecule has 0 atom stereocenters. The number of thioether (sulfide) groups is 1. The zero-order valence-electron chi connectivity index (χ0n) is 13.3. The maximum absolute atomic E-state index is 5.92. The summed E-state index contributed by atoms with van der Waals surface area (Å²) in [5.41, 5.74) is 10.7. The van der Waals surface area contributed by atoms with Gasteiger partial charge in [-0.3, -0.25) is 0 Å². The summed E-state index contributed by atoms with van der Waals surface area (Å²) >= 11 is 1.84. The molecule has 0 heterocycles. The molecule has 1 nitrogen and oxygen atoms in total. The van der Waals surface area contributed by atoms with Crippen molar-refractivity contribution in [2.45, 2.75) is 37.0 Å². The molecule has 1 saturated carbocycles. The molecule has 0 aliphatic heterocycles. The molecular weight excluding hydrogens is 286 g/mol. The molecular formula is C20H25NS. The van der Waals surface area contributed by atoms with E-state index in [9.17, 15) is 0 Å². The molecule has 0 bridgehead atoms. The topological polar surface area (TPSA) is 26.0 Å². The van der Waals surface area contributed by atoms with Crippen LogP contribution in [0.25, 0.3) is 0 Å². The lowest BCUT2D eigenvalue weighted by atomic mass is 9.95. The minimum absolute atomic E-state index is 0.467. The Morgan fingerprint density at radius 2 is 1.73 bits per heavy atom. The van der Waals surface area contributed by atoms with E-state index in [0.717, 1.165) is 19.4 Å². The van der Waals surface area contributed by atoms with Crippen LogP contribution in [0, 0.1) is 5.41 Å². The average molecular weight is 311 g/mol. The van der Waals surface area contributed by atoms with Gasteiger partial charge in [-0.15, -0.1) is 11.8 Å². The van der Waals surface area contributed by atoms with Gasteiger partial charge in [-0.05, 0) is 79.1 Å². The average Bonchev–Trinajstić information content (AvgIpc) is 3.34. The van der Waals surface area contributed by atoms with Crippen LogP contribution in [0.1, 0.15) is 36.0 Å². The first-order chi connectivity index (χ1) is 10.7. The molecule has 2 aromatic carbocycles. The molecule has 3 rings (SSSR count). The Hall–Kier alpha value is -1.25. The molecule has 2 N–H and O–H groups in total. The highest BCUT2D eigenvalue weighted by molar-refractivity contribution is 7.98. The van der Waals surface area contributed by atoms with Crippen LogP contribution < -0.4 is 5.73 Å². The molecule has 1 fully saturated rings. The summed E-state index contributed by atoms with van der Waals surface area (Å²) in [6.45, 7) is 0.853. The van der Waals surface area contributed by atoms with Crippen LogP contribution in [-0.2, 0) is 12.8 Å².